The molecular weight excluding hydrogens is 456 g/mol. The number of benzene rings is 2. The van der Waals surface area contributed by atoms with E-state index in [1.54, 1.807) is 42.5 Å². The predicted molar refractivity (Wildman–Crippen MR) is 134 cm³/mol. The molecule has 0 aromatic heterocycles. The van der Waals surface area contributed by atoms with Crippen LogP contribution in [-0.4, -0.2) is 48.5 Å². The highest BCUT2D eigenvalue weighted by molar-refractivity contribution is 5.85. The lowest BCUT2D eigenvalue weighted by molar-refractivity contribution is -0.133. The molecule has 0 radical (unpaired) electrons. The number of hydrogen-bond acceptors (Lipinski definition) is 6. The predicted octanol–water partition coefficient (Wildman–Crippen LogP) is 4.92. The summed E-state index contributed by atoms with van der Waals surface area (Å²) >= 11 is 0. The van der Waals surface area contributed by atoms with Crippen LogP contribution in [0.3, 0.4) is 0 Å². The smallest absolute Gasteiger partial charge is 0.330 e. The van der Waals surface area contributed by atoms with Crippen LogP contribution in [0.25, 0.3) is 12.2 Å². The largest absolute Gasteiger partial charge is 0.508 e. The Balaban J connectivity index is 0. The molecular formula is C26H30O9. The van der Waals surface area contributed by atoms with E-state index in [0.29, 0.717) is 5.56 Å². The first-order valence-corrected chi connectivity index (χ1v) is 9.73. The fourth-order valence-corrected chi connectivity index (χ4v) is 1.49. The molecule has 0 unspecified atom stereocenters. The lowest BCUT2D eigenvalue weighted by Crippen LogP contribution is -1.92. The van der Waals surface area contributed by atoms with Crippen LogP contribution < -0.4 is 0 Å². The van der Waals surface area contributed by atoms with Gasteiger partial charge in [0.1, 0.15) is 17.2 Å². The number of phenols is 3. The number of carbonyl (C=O) groups is 3. The van der Waals surface area contributed by atoms with E-state index in [1.807, 2.05) is 6.08 Å². The average Bonchev–Trinajstić information content (AvgIpc) is 2.74. The second-order valence-electron chi connectivity index (χ2n) is 6.96. The lowest BCUT2D eigenvalue weighted by atomic mass is 10.1. The van der Waals surface area contributed by atoms with Crippen molar-refractivity contribution in [3.8, 4) is 17.2 Å². The van der Waals surface area contributed by atoms with Gasteiger partial charge in [0.15, 0.2) is 0 Å². The Kier molecular flexibility index (Phi) is 15.5. The van der Waals surface area contributed by atoms with Gasteiger partial charge in [-0.15, -0.1) is 0 Å². The van der Waals surface area contributed by atoms with Crippen molar-refractivity contribution in [1.82, 2.24) is 0 Å². The SMILES string of the molecule is C=C(C)C(=O)O.C=C(C)C(=O)O.C=C(C)C(=O)O.Oc1ccc(C=Cc2cc(O)cc(O)c2)cc1. The Morgan fingerprint density at radius 3 is 1.14 bits per heavy atom. The van der Waals surface area contributed by atoms with Gasteiger partial charge in [-0.2, -0.15) is 0 Å². The van der Waals surface area contributed by atoms with Crippen LogP contribution in [0.2, 0.25) is 0 Å². The van der Waals surface area contributed by atoms with E-state index >= 15 is 0 Å². The molecule has 0 aliphatic rings. The Hall–Kier alpha value is -4.79. The fourth-order valence-electron chi connectivity index (χ4n) is 1.49. The molecule has 0 saturated heterocycles. The Bertz CT molecular complexity index is 965. The normalized spacial score (nSPS) is 9.11. The maximum absolute atomic E-state index is 9.60. The number of carboxylic acid groups (broad SMARTS) is 3. The molecule has 0 spiro atoms. The van der Waals surface area contributed by atoms with Gasteiger partial charge in [0, 0.05) is 22.8 Å². The van der Waals surface area contributed by atoms with Crippen LogP contribution in [0.4, 0.5) is 0 Å². The molecule has 35 heavy (non-hydrogen) atoms. The first-order chi connectivity index (χ1) is 16.1. The van der Waals surface area contributed by atoms with Gasteiger partial charge >= 0.3 is 17.9 Å². The van der Waals surface area contributed by atoms with Gasteiger partial charge in [-0.3, -0.25) is 0 Å². The van der Waals surface area contributed by atoms with Crippen molar-refractivity contribution in [3.05, 3.63) is 90.0 Å². The van der Waals surface area contributed by atoms with Gasteiger partial charge in [-0.25, -0.2) is 14.4 Å². The zero-order valence-electron chi connectivity index (χ0n) is 19.7. The first-order valence-electron chi connectivity index (χ1n) is 9.73. The molecule has 0 amide bonds. The molecule has 2 rings (SSSR count). The third kappa shape index (κ3) is 18.5. The van der Waals surface area contributed by atoms with E-state index in [2.05, 4.69) is 19.7 Å². The highest BCUT2D eigenvalue weighted by Gasteiger charge is 1.96. The van der Waals surface area contributed by atoms with E-state index in [0.717, 1.165) is 5.56 Å². The summed E-state index contributed by atoms with van der Waals surface area (Å²) < 4.78 is 0. The van der Waals surface area contributed by atoms with Crippen molar-refractivity contribution in [3.63, 3.8) is 0 Å². The minimum atomic E-state index is -0.935. The number of aliphatic carboxylic acids is 3. The van der Waals surface area contributed by atoms with Gasteiger partial charge in [0.05, 0.1) is 0 Å². The summed E-state index contributed by atoms with van der Waals surface area (Å²) in [6, 6.07) is 11.1. The topological polar surface area (TPSA) is 173 Å². The van der Waals surface area contributed by atoms with Gasteiger partial charge in [-0.05, 0) is 56.2 Å². The molecule has 0 aliphatic carbocycles. The van der Waals surface area contributed by atoms with Crippen molar-refractivity contribution in [2.24, 2.45) is 0 Å². The van der Waals surface area contributed by atoms with E-state index < -0.39 is 17.9 Å². The van der Waals surface area contributed by atoms with Crippen molar-refractivity contribution in [2.45, 2.75) is 20.8 Å². The molecule has 0 bridgehead atoms. The minimum absolute atomic E-state index is 0.0235. The summed E-state index contributed by atoms with van der Waals surface area (Å²) in [6.07, 6.45) is 3.60. The maximum Gasteiger partial charge on any atom is 0.330 e. The number of aromatic hydroxyl groups is 3. The molecule has 0 aliphatic heterocycles. The fraction of sp³-hybridized carbons (Fsp3) is 0.115. The Labute approximate surface area is 203 Å². The first kappa shape index (κ1) is 32.4. The molecule has 0 atom stereocenters. The van der Waals surface area contributed by atoms with E-state index in [9.17, 15) is 24.6 Å². The standard InChI is InChI=1S/C14H12O3.3C4H6O2/c15-12-5-3-10(4-6-12)1-2-11-7-13(16)9-14(17)8-11;3*1-3(2)4(5)6/h1-9,15-17H;3*1H2,2H3,(H,5,6). The Morgan fingerprint density at radius 2 is 0.857 bits per heavy atom. The van der Waals surface area contributed by atoms with Gasteiger partial charge in [-0.1, -0.05) is 44.0 Å². The van der Waals surface area contributed by atoms with Crippen LogP contribution in [0.1, 0.15) is 31.9 Å². The van der Waals surface area contributed by atoms with Crippen LogP contribution in [0, 0.1) is 0 Å². The van der Waals surface area contributed by atoms with E-state index in [1.165, 1.54) is 26.8 Å². The van der Waals surface area contributed by atoms with Crippen LogP contribution in [0.5, 0.6) is 17.2 Å². The second-order valence-corrected chi connectivity index (χ2v) is 6.96. The molecule has 0 fully saturated rings. The number of hydrogen-bond donors (Lipinski definition) is 6. The molecule has 0 saturated carbocycles. The molecule has 9 nitrogen and oxygen atoms in total. The molecule has 2 aromatic rings. The van der Waals surface area contributed by atoms with Gasteiger partial charge < -0.3 is 30.6 Å². The Morgan fingerprint density at radius 1 is 0.571 bits per heavy atom. The van der Waals surface area contributed by atoms with Crippen molar-refractivity contribution < 1.29 is 45.0 Å². The number of phenolic OH excluding ortho intramolecular Hbond substituents is 3. The van der Waals surface area contributed by atoms with Gasteiger partial charge in [0.25, 0.3) is 0 Å². The second kappa shape index (κ2) is 16.8. The molecule has 9 heteroatoms. The number of carboxylic acids is 3. The zero-order valence-corrected chi connectivity index (χ0v) is 19.7. The molecule has 6 N–H and O–H groups in total. The third-order valence-electron chi connectivity index (χ3n) is 3.38. The highest BCUT2D eigenvalue weighted by atomic mass is 16.4. The number of rotatable bonds is 5. The summed E-state index contributed by atoms with van der Waals surface area (Å²) in [7, 11) is 0. The summed E-state index contributed by atoms with van der Waals surface area (Å²) in [6.45, 7) is 13.8. The summed E-state index contributed by atoms with van der Waals surface area (Å²) in [4.78, 5) is 28.8. The van der Waals surface area contributed by atoms with Crippen LogP contribution in [-0.2, 0) is 14.4 Å². The zero-order chi connectivity index (χ0) is 27.7. The molecule has 2 aromatic carbocycles. The van der Waals surface area contributed by atoms with E-state index in [4.69, 9.17) is 20.4 Å². The van der Waals surface area contributed by atoms with Crippen molar-refractivity contribution >= 4 is 30.1 Å². The average molecular weight is 487 g/mol. The quantitative estimate of drug-likeness (QED) is 0.253. The summed E-state index contributed by atoms with van der Waals surface area (Å²) in [5.41, 5.74) is 2.15. The highest BCUT2D eigenvalue weighted by Crippen LogP contribution is 2.22. The summed E-state index contributed by atoms with van der Waals surface area (Å²) in [5, 5.41) is 51.4. The van der Waals surface area contributed by atoms with Crippen molar-refractivity contribution in [1.29, 1.82) is 0 Å². The van der Waals surface area contributed by atoms with Crippen LogP contribution in [0.15, 0.2) is 78.9 Å². The lowest BCUT2D eigenvalue weighted by Gasteiger charge is -1.98. The monoisotopic (exact) mass is 486 g/mol. The molecule has 0 heterocycles. The summed E-state index contributed by atoms with van der Waals surface area (Å²) in [5.74, 6) is -2.54. The third-order valence-corrected chi connectivity index (χ3v) is 3.38. The van der Waals surface area contributed by atoms with Gasteiger partial charge in [0.2, 0.25) is 0 Å². The van der Waals surface area contributed by atoms with Crippen LogP contribution >= 0.6 is 0 Å². The van der Waals surface area contributed by atoms with Crippen molar-refractivity contribution in [2.75, 3.05) is 0 Å². The minimum Gasteiger partial charge on any atom is -0.508 e. The molecule has 188 valence electrons. The maximum atomic E-state index is 9.60. The van der Waals surface area contributed by atoms with E-state index in [-0.39, 0.29) is 34.0 Å².